The van der Waals surface area contributed by atoms with Crippen LogP contribution in [0, 0.1) is 5.82 Å². The Balaban J connectivity index is 2.77. The summed E-state index contributed by atoms with van der Waals surface area (Å²) in [7, 11) is 0. The molecule has 1 atom stereocenters. The van der Waals surface area contributed by atoms with Crippen LogP contribution in [0.4, 0.5) is 4.39 Å². The highest BCUT2D eigenvalue weighted by molar-refractivity contribution is 6.31. The summed E-state index contributed by atoms with van der Waals surface area (Å²) in [6.45, 7) is 4.55. The van der Waals surface area contributed by atoms with Crippen molar-refractivity contribution >= 4 is 34.2 Å². The van der Waals surface area contributed by atoms with Gasteiger partial charge in [0.25, 0.3) is 0 Å². The molecule has 86 valence electrons. The minimum atomic E-state index is -0.455. The Labute approximate surface area is 103 Å². The van der Waals surface area contributed by atoms with Crippen LogP contribution in [-0.4, -0.2) is 9.55 Å². The fraction of sp³-hybridized carbons (Fsp3) is 0.364. The van der Waals surface area contributed by atoms with Crippen molar-refractivity contribution in [3.05, 3.63) is 28.8 Å². The Morgan fingerprint density at radius 2 is 2.19 bits per heavy atom. The van der Waals surface area contributed by atoms with Crippen LogP contribution in [-0.2, 0) is 6.54 Å². The number of fused-ring (bicyclic) bond motifs is 1. The monoisotopic (exact) mass is 260 g/mol. The fourth-order valence-corrected chi connectivity index (χ4v) is 2.10. The van der Waals surface area contributed by atoms with Gasteiger partial charge in [-0.1, -0.05) is 11.6 Å². The van der Waals surface area contributed by atoms with Crippen molar-refractivity contribution in [2.24, 2.45) is 0 Å². The summed E-state index contributed by atoms with van der Waals surface area (Å²) in [6.07, 6.45) is 0. The summed E-state index contributed by atoms with van der Waals surface area (Å²) in [5.41, 5.74) is 1.41. The van der Waals surface area contributed by atoms with Gasteiger partial charge in [-0.2, -0.15) is 0 Å². The first-order valence-corrected chi connectivity index (χ1v) is 5.85. The molecule has 0 fully saturated rings. The van der Waals surface area contributed by atoms with Gasteiger partial charge in [0, 0.05) is 12.6 Å². The first-order valence-electron chi connectivity index (χ1n) is 5.03. The standard InChI is InChI=1S/C11H11Cl2FN2/c1-3-16-10-4-7(13)8(14)5-9(10)15-11(16)6(2)12/h4-6H,3H2,1-2H3. The van der Waals surface area contributed by atoms with Crippen LogP contribution < -0.4 is 0 Å². The predicted octanol–water partition coefficient (Wildman–Crippen LogP) is 4.15. The van der Waals surface area contributed by atoms with Crippen molar-refractivity contribution in [1.29, 1.82) is 0 Å². The lowest BCUT2D eigenvalue weighted by Crippen LogP contribution is -2.01. The number of hydrogen-bond donors (Lipinski definition) is 0. The molecule has 1 unspecified atom stereocenters. The van der Waals surface area contributed by atoms with E-state index in [-0.39, 0.29) is 10.4 Å². The summed E-state index contributed by atoms with van der Waals surface area (Å²) in [6, 6.07) is 2.93. The zero-order valence-corrected chi connectivity index (χ0v) is 10.5. The second-order valence-electron chi connectivity index (χ2n) is 3.59. The number of benzene rings is 1. The molecule has 2 rings (SSSR count). The maximum absolute atomic E-state index is 13.3. The third-order valence-electron chi connectivity index (χ3n) is 2.49. The van der Waals surface area contributed by atoms with E-state index in [0.29, 0.717) is 5.52 Å². The van der Waals surface area contributed by atoms with Gasteiger partial charge in [0.15, 0.2) is 0 Å². The normalized spacial score (nSPS) is 13.3. The minimum absolute atomic E-state index is 0.107. The molecule has 1 heterocycles. The molecule has 0 aliphatic heterocycles. The van der Waals surface area contributed by atoms with E-state index < -0.39 is 5.82 Å². The number of rotatable bonds is 2. The second kappa shape index (κ2) is 4.22. The molecule has 0 amide bonds. The number of halogens is 3. The van der Waals surface area contributed by atoms with E-state index >= 15 is 0 Å². The molecule has 0 spiro atoms. The molecule has 0 aliphatic rings. The molecular formula is C11H11Cl2FN2. The van der Waals surface area contributed by atoms with Gasteiger partial charge in [0.05, 0.1) is 21.4 Å². The van der Waals surface area contributed by atoms with Gasteiger partial charge in [-0.05, 0) is 19.9 Å². The van der Waals surface area contributed by atoms with E-state index in [0.717, 1.165) is 17.9 Å². The van der Waals surface area contributed by atoms with E-state index in [2.05, 4.69) is 4.98 Å². The number of imidazole rings is 1. The van der Waals surface area contributed by atoms with Gasteiger partial charge in [-0.3, -0.25) is 0 Å². The van der Waals surface area contributed by atoms with Crippen molar-refractivity contribution in [2.45, 2.75) is 25.8 Å². The summed E-state index contributed by atoms with van der Waals surface area (Å²) < 4.78 is 15.2. The van der Waals surface area contributed by atoms with Crippen LogP contribution in [0.25, 0.3) is 11.0 Å². The fourth-order valence-electron chi connectivity index (χ4n) is 1.77. The lowest BCUT2D eigenvalue weighted by atomic mass is 10.3. The second-order valence-corrected chi connectivity index (χ2v) is 4.65. The molecule has 0 radical (unpaired) electrons. The minimum Gasteiger partial charge on any atom is -0.327 e. The van der Waals surface area contributed by atoms with Crippen molar-refractivity contribution in [1.82, 2.24) is 9.55 Å². The highest BCUT2D eigenvalue weighted by atomic mass is 35.5. The van der Waals surface area contributed by atoms with Crippen molar-refractivity contribution in [2.75, 3.05) is 0 Å². The average molecular weight is 261 g/mol. The van der Waals surface area contributed by atoms with Gasteiger partial charge in [-0.25, -0.2) is 9.37 Å². The lowest BCUT2D eigenvalue weighted by molar-refractivity contribution is 0.629. The largest absolute Gasteiger partial charge is 0.327 e. The third-order valence-corrected chi connectivity index (χ3v) is 2.98. The Morgan fingerprint density at radius 1 is 1.50 bits per heavy atom. The summed E-state index contributed by atoms with van der Waals surface area (Å²) in [5.74, 6) is 0.282. The van der Waals surface area contributed by atoms with Crippen molar-refractivity contribution in [3.8, 4) is 0 Å². The van der Waals surface area contributed by atoms with Gasteiger partial charge in [0.2, 0.25) is 0 Å². The topological polar surface area (TPSA) is 17.8 Å². The highest BCUT2D eigenvalue weighted by Crippen LogP contribution is 2.27. The van der Waals surface area contributed by atoms with Crippen molar-refractivity contribution in [3.63, 3.8) is 0 Å². The van der Waals surface area contributed by atoms with E-state index in [9.17, 15) is 4.39 Å². The van der Waals surface area contributed by atoms with Crippen LogP contribution in [0.3, 0.4) is 0 Å². The maximum Gasteiger partial charge on any atom is 0.144 e. The summed E-state index contributed by atoms with van der Waals surface area (Å²) >= 11 is 11.8. The van der Waals surface area contributed by atoms with E-state index in [4.69, 9.17) is 23.2 Å². The Bertz CT molecular complexity index is 534. The summed E-state index contributed by atoms with van der Waals surface area (Å²) in [5, 5.41) is -0.106. The molecule has 0 saturated carbocycles. The predicted molar refractivity (Wildman–Crippen MR) is 64.6 cm³/mol. The number of alkyl halides is 1. The molecule has 5 heteroatoms. The smallest absolute Gasteiger partial charge is 0.144 e. The molecule has 16 heavy (non-hydrogen) atoms. The van der Waals surface area contributed by atoms with Crippen molar-refractivity contribution < 1.29 is 4.39 Å². The molecule has 0 N–H and O–H groups in total. The van der Waals surface area contributed by atoms with Crippen LogP contribution in [0.2, 0.25) is 5.02 Å². The Hall–Kier alpha value is -0.800. The number of nitrogens with zero attached hydrogens (tertiary/aromatic N) is 2. The number of hydrogen-bond acceptors (Lipinski definition) is 1. The Morgan fingerprint density at radius 3 is 2.75 bits per heavy atom. The third kappa shape index (κ3) is 1.78. The zero-order valence-electron chi connectivity index (χ0n) is 8.97. The van der Waals surface area contributed by atoms with E-state index in [1.807, 2.05) is 18.4 Å². The van der Waals surface area contributed by atoms with Crippen LogP contribution in [0.1, 0.15) is 25.0 Å². The number of aromatic nitrogens is 2. The average Bonchev–Trinajstić information content (AvgIpc) is 2.57. The maximum atomic E-state index is 13.3. The first-order chi connectivity index (χ1) is 7.54. The Kier molecular flexibility index (Phi) is 3.08. The van der Waals surface area contributed by atoms with E-state index in [1.165, 1.54) is 6.07 Å². The van der Waals surface area contributed by atoms with Gasteiger partial charge in [0.1, 0.15) is 11.6 Å². The number of aryl methyl sites for hydroxylation is 1. The van der Waals surface area contributed by atoms with Gasteiger partial charge in [-0.15, -0.1) is 11.6 Å². The molecule has 1 aromatic heterocycles. The molecular weight excluding hydrogens is 250 g/mol. The zero-order chi connectivity index (χ0) is 11.9. The van der Waals surface area contributed by atoms with Crippen LogP contribution in [0.5, 0.6) is 0 Å². The van der Waals surface area contributed by atoms with E-state index in [1.54, 1.807) is 6.07 Å². The lowest BCUT2D eigenvalue weighted by Gasteiger charge is -2.07. The highest BCUT2D eigenvalue weighted by Gasteiger charge is 2.15. The molecule has 0 bridgehead atoms. The first kappa shape index (κ1) is 11.7. The van der Waals surface area contributed by atoms with Gasteiger partial charge < -0.3 is 4.57 Å². The van der Waals surface area contributed by atoms with Gasteiger partial charge >= 0.3 is 0 Å². The molecule has 0 saturated heterocycles. The summed E-state index contributed by atoms with van der Waals surface area (Å²) in [4.78, 5) is 4.32. The molecule has 0 aliphatic carbocycles. The van der Waals surface area contributed by atoms with Crippen LogP contribution >= 0.6 is 23.2 Å². The molecule has 2 aromatic rings. The molecule has 2 nitrogen and oxygen atoms in total. The van der Waals surface area contributed by atoms with Crippen LogP contribution in [0.15, 0.2) is 12.1 Å². The molecule has 1 aromatic carbocycles. The SMILES string of the molecule is CCn1c(C(C)Cl)nc2cc(F)c(Cl)cc21. The quantitative estimate of drug-likeness (QED) is 0.742.